The van der Waals surface area contributed by atoms with Crippen LogP contribution in [0.15, 0.2) is 0 Å². The van der Waals surface area contributed by atoms with Gasteiger partial charge in [-0.2, -0.15) is 0 Å². The fourth-order valence-corrected chi connectivity index (χ4v) is 3.62. The van der Waals surface area contributed by atoms with Crippen LogP contribution in [0, 0.1) is 11.8 Å². The minimum atomic E-state index is -0.123. The van der Waals surface area contributed by atoms with Crippen LogP contribution in [0.1, 0.15) is 26.2 Å². The molecule has 3 rings (SSSR count). The maximum Gasteiger partial charge on any atom is 0.242 e. The minimum Gasteiger partial charge on any atom is -0.375 e. The zero-order valence-corrected chi connectivity index (χ0v) is 11.7. The molecule has 2 aliphatic heterocycles. The monoisotopic (exact) mass is 274 g/mol. The summed E-state index contributed by atoms with van der Waals surface area (Å²) >= 11 is 0. The van der Waals surface area contributed by atoms with Gasteiger partial charge >= 0.3 is 0 Å². The second-order valence-corrected chi connectivity index (χ2v) is 5.70. The Morgan fingerprint density at radius 1 is 1.28 bits per heavy atom. The highest BCUT2D eigenvalue weighted by molar-refractivity contribution is 5.85. The third-order valence-corrected chi connectivity index (χ3v) is 4.62. The number of hydrogen-bond donors (Lipinski definition) is 1. The molecule has 0 aromatic heterocycles. The normalized spacial score (nSPS) is 39.3. The van der Waals surface area contributed by atoms with Gasteiger partial charge < -0.3 is 15.0 Å². The third kappa shape index (κ3) is 2.51. The second kappa shape index (κ2) is 5.76. The minimum absolute atomic E-state index is 0. The molecule has 1 amide bonds. The van der Waals surface area contributed by atoms with Gasteiger partial charge in [0.05, 0.1) is 12.7 Å². The topological polar surface area (TPSA) is 41.6 Å². The van der Waals surface area contributed by atoms with Crippen molar-refractivity contribution in [3.63, 3.8) is 0 Å². The van der Waals surface area contributed by atoms with Crippen LogP contribution in [0.4, 0.5) is 0 Å². The van der Waals surface area contributed by atoms with E-state index >= 15 is 0 Å². The zero-order valence-electron chi connectivity index (χ0n) is 10.9. The van der Waals surface area contributed by atoms with Crippen molar-refractivity contribution in [1.82, 2.24) is 10.2 Å². The largest absolute Gasteiger partial charge is 0.375 e. The summed E-state index contributed by atoms with van der Waals surface area (Å²) in [4.78, 5) is 14.5. The number of fused-ring (bicyclic) bond motifs is 1. The molecular weight excluding hydrogens is 252 g/mol. The standard InChI is InChI=1S/C13H22N2O2.ClH/c1-9-12(14-5-6-17-9)13(16)15-7-10-3-2-4-11(10)8-15;/h9-12,14H,2-8H2,1H3;1H/t9-,10?,11?,12+;/m1./s1. The molecule has 3 aliphatic rings. The highest BCUT2D eigenvalue weighted by Gasteiger charge is 2.41. The fourth-order valence-electron chi connectivity index (χ4n) is 3.62. The molecule has 0 radical (unpaired) electrons. The van der Waals surface area contributed by atoms with Gasteiger partial charge in [-0.15, -0.1) is 12.4 Å². The number of amides is 1. The van der Waals surface area contributed by atoms with Crippen LogP contribution in [-0.4, -0.2) is 49.2 Å². The molecule has 0 bridgehead atoms. The predicted molar refractivity (Wildman–Crippen MR) is 71.9 cm³/mol. The fraction of sp³-hybridized carbons (Fsp3) is 0.923. The van der Waals surface area contributed by atoms with Gasteiger partial charge in [0, 0.05) is 19.6 Å². The molecule has 0 aromatic rings. The molecule has 18 heavy (non-hydrogen) atoms. The third-order valence-electron chi connectivity index (χ3n) is 4.62. The Morgan fingerprint density at radius 3 is 2.56 bits per heavy atom. The van der Waals surface area contributed by atoms with Gasteiger partial charge in [-0.3, -0.25) is 4.79 Å². The first-order valence-corrected chi connectivity index (χ1v) is 6.89. The average Bonchev–Trinajstić information content (AvgIpc) is 2.88. The van der Waals surface area contributed by atoms with E-state index in [1.165, 1.54) is 19.3 Å². The number of halogens is 1. The van der Waals surface area contributed by atoms with Crippen molar-refractivity contribution in [3.8, 4) is 0 Å². The Hall–Kier alpha value is -0.320. The number of nitrogens with zero attached hydrogens (tertiary/aromatic N) is 1. The molecule has 4 nitrogen and oxygen atoms in total. The van der Waals surface area contributed by atoms with E-state index in [0.29, 0.717) is 0 Å². The SMILES string of the molecule is C[C@H]1OCCN[C@@H]1C(=O)N1CC2CCCC2C1.Cl. The van der Waals surface area contributed by atoms with Gasteiger partial charge in [-0.05, 0) is 31.6 Å². The highest BCUT2D eigenvalue weighted by Crippen LogP contribution is 2.37. The van der Waals surface area contributed by atoms with Crippen molar-refractivity contribution in [1.29, 1.82) is 0 Å². The molecule has 104 valence electrons. The first-order valence-electron chi connectivity index (χ1n) is 6.89. The molecule has 5 heteroatoms. The molecule has 2 heterocycles. The summed E-state index contributed by atoms with van der Waals surface area (Å²) < 4.78 is 5.56. The first kappa shape index (κ1) is 14.1. The molecule has 2 unspecified atom stereocenters. The smallest absolute Gasteiger partial charge is 0.242 e. The van der Waals surface area contributed by atoms with Crippen LogP contribution in [0.25, 0.3) is 0 Å². The molecular formula is C13H23ClN2O2. The van der Waals surface area contributed by atoms with Crippen molar-refractivity contribution in [2.75, 3.05) is 26.2 Å². The van der Waals surface area contributed by atoms with E-state index in [0.717, 1.165) is 38.1 Å². The van der Waals surface area contributed by atoms with Crippen LogP contribution in [0.5, 0.6) is 0 Å². The van der Waals surface area contributed by atoms with Gasteiger partial charge in [0.1, 0.15) is 6.04 Å². The zero-order chi connectivity index (χ0) is 11.8. The van der Waals surface area contributed by atoms with E-state index in [1.54, 1.807) is 0 Å². The molecule has 1 saturated carbocycles. The summed E-state index contributed by atoms with van der Waals surface area (Å²) in [5.41, 5.74) is 0. The van der Waals surface area contributed by atoms with Gasteiger partial charge in [0.15, 0.2) is 0 Å². The summed E-state index contributed by atoms with van der Waals surface area (Å²) in [7, 11) is 0. The van der Waals surface area contributed by atoms with E-state index in [1.807, 2.05) is 6.92 Å². The molecule has 1 aliphatic carbocycles. The quantitative estimate of drug-likeness (QED) is 0.777. The number of carbonyl (C=O) groups excluding carboxylic acids is 1. The molecule has 1 N–H and O–H groups in total. The predicted octanol–water partition coefficient (Wildman–Crippen LogP) is 1.04. The van der Waals surface area contributed by atoms with Crippen molar-refractivity contribution < 1.29 is 9.53 Å². The lowest BCUT2D eigenvalue weighted by Crippen LogP contribution is -2.56. The summed E-state index contributed by atoms with van der Waals surface area (Å²) in [6, 6.07) is -0.123. The number of rotatable bonds is 1. The summed E-state index contributed by atoms with van der Waals surface area (Å²) in [5.74, 6) is 1.81. The van der Waals surface area contributed by atoms with Gasteiger partial charge in [0.2, 0.25) is 5.91 Å². The van der Waals surface area contributed by atoms with Crippen LogP contribution < -0.4 is 5.32 Å². The van der Waals surface area contributed by atoms with Crippen LogP contribution >= 0.6 is 12.4 Å². The Morgan fingerprint density at radius 2 is 1.94 bits per heavy atom. The molecule has 0 spiro atoms. The lowest BCUT2D eigenvalue weighted by molar-refractivity contribution is -0.138. The van der Waals surface area contributed by atoms with E-state index in [2.05, 4.69) is 10.2 Å². The molecule has 3 fully saturated rings. The summed E-state index contributed by atoms with van der Waals surface area (Å²) in [5, 5.41) is 3.30. The number of carbonyl (C=O) groups is 1. The Kier molecular flexibility index (Phi) is 4.51. The van der Waals surface area contributed by atoms with Crippen LogP contribution in [-0.2, 0) is 9.53 Å². The van der Waals surface area contributed by atoms with Crippen molar-refractivity contribution in [2.45, 2.75) is 38.3 Å². The van der Waals surface area contributed by atoms with Crippen molar-refractivity contribution >= 4 is 18.3 Å². The lowest BCUT2D eigenvalue weighted by atomic mass is 10.0. The van der Waals surface area contributed by atoms with Crippen molar-refractivity contribution in [3.05, 3.63) is 0 Å². The van der Waals surface area contributed by atoms with Gasteiger partial charge in [-0.25, -0.2) is 0 Å². The van der Waals surface area contributed by atoms with Crippen molar-refractivity contribution in [2.24, 2.45) is 11.8 Å². The van der Waals surface area contributed by atoms with E-state index in [9.17, 15) is 4.79 Å². The number of morpholine rings is 1. The maximum atomic E-state index is 12.4. The van der Waals surface area contributed by atoms with Gasteiger partial charge in [0.25, 0.3) is 0 Å². The number of likely N-dealkylation sites (tertiary alicyclic amines) is 1. The van der Waals surface area contributed by atoms with E-state index in [4.69, 9.17) is 4.74 Å². The van der Waals surface area contributed by atoms with Crippen LogP contribution in [0.2, 0.25) is 0 Å². The average molecular weight is 275 g/mol. The number of nitrogens with one attached hydrogen (secondary N) is 1. The Labute approximate surface area is 115 Å². The molecule has 4 atom stereocenters. The Balaban J connectivity index is 0.00000120. The summed E-state index contributed by atoms with van der Waals surface area (Å²) in [6.45, 7) is 5.46. The second-order valence-electron chi connectivity index (χ2n) is 5.70. The molecule has 0 aromatic carbocycles. The number of hydrogen-bond acceptors (Lipinski definition) is 3. The summed E-state index contributed by atoms with van der Waals surface area (Å²) in [6.07, 6.45) is 4.01. The maximum absolute atomic E-state index is 12.4. The highest BCUT2D eigenvalue weighted by atomic mass is 35.5. The first-order chi connectivity index (χ1) is 8.25. The van der Waals surface area contributed by atoms with E-state index in [-0.39, 0.29) is 30.5 Å². The Bertz CT molecular complexity index is 301. The van der Waals surface area contributed by atoms with Gasteiger partial charge in [-0.1, -0.05) is 6.42 Å². The van der Waals surface area contributed by atoms with Crippen LogP contribution in [0.3, 0.4) is 0 Å². The molecule has 2 saturated heterocycles. The number of ether oxygens (including phenoxy) is 1. The lowest BCUT2D eigenvalue weighted by Gasteiger charge is -2.32. The van der Waals surface area contributed by atoms with E-state index < -0.39 is 0 Å².